The standard InChI is InChI=1S/C9H16N4OS/c1-6-7(8(10)11)9(13(2)12-6)15-5-3-4-14/h14H,3-5H2,1-2H3,(H3,10,11). The maximum absolute atomic E-state index is 8.69. The van der Waals surface area contributed by atoms with Gasteiger partial charge in [0.15, 0.2) is 0 Å². The number of thioether (sulfide) groups is 1. The molecule has 0 aliphatic heterocycles. The predicted molar refractivity (Wildman–Crippen MR) is 61.4 cm³/mol. The molecule has 0 aliphatic rings. The van der Waals surface area contributed by atoms with Crippen LogP contribution in [0.15, 0.2) is 5.03 Å². The summed E-state index contributed by atoms with van der Waals surface area (Å²) in [5, 5.41) is 21.3. The molecular weight excluding hydrogens is 212 g/mol. The average Bonchev–Trinajstić information content (AvgIpc) is 2.42. The van der Waals surface area contributed by atoms with E-state index in [4.69, 9.17) is 16.2 Å². The van der Waals surface area contributed by atoms with Gasteiger partial charge in [-0.3, -0.25) is 10.1 Å². The summed E-state index contributed by atoms with van der Waals surface area (Å²) < 4.78 is 1.73. The first kappa shape index (κ1) is 12.1. The minimum Gasteiger partial charge on any atom is -0.396 e. The van der Waals surface area contributed by atoms with Crippen LogP contribution in [0.3, 0.4) is 0 Å². The molecule has 15 heavy (non-hydrogen) atoms. The van der Waals surface area contributed by atoms with E-state index in [1.54, 1.807) is 16.4 Å². The smallest absolute Gasteiger partial charge is 0.127 e. The summed E-state index contributed by atoms with van der Waals surface area (Å²) in [4.78, 5) is 0. The van der Waals surface area contributed by atoms with Gasteiger partial charge in [-0.15, -0.1) is 11.8 Å². The molecular formula is C9H16N4OS. The minimum atomic E-state index is 0.0482. The number of hydrogen-bond donors (Lipinski definition) is 3. The molecule has 0 aliphatic carbocycles. The molecule has 0 atom stereocenters. The summed E-state index contributed by atoms with van der Waals surface area (Å²) in [6.07, 6.45) is 0.728. The zero-order chi connectivity index (χ0) is 11.4. The van der Waals surface area contributed by atoms with Crippen molar-refractivity contribution in [3.63, 3.8) is 0 Å². The topological polar surface area (TPSA) is 87.9 Å². The second-order valence-corrected chi connectivity index (χ2v) is 4.31. The number of nitrogen functional groups attached to an aromatic ring is 1. The molecule has 1 aromatic rings. The Kier molecular flexibility index (Phi) is 4.16. The number of aryl methyl sites for hydroxylation is 2. The lowest BCUT2D eigenvalue weighted by Crippen LogP contribution is -2.13. The van der Waals surface area contributed by atoms with Crippen molar-refractivity contribution >= 4 is 17.6 Å². The Morgan fingerprint density at radius 3 is 2.87 bits per heavy atom. The Bertz CT molecular complexity index is 361. The van der Waals surface area contributed by atoms with Crippen molar-refractivity contribution in [2.45, 2.75) is 18.4 Å². The van der Waals surface area contributed by atoms with Crippen LogP contribution >= 0.6 is 11.8 Å². The third-order valence-corrected chi connectivity index (χ3v) is 3.21. The molecule has 0 bridgehead atoms. The maximum Gasteiger partial charge on any atom is 0.127 e. The molecule has 6 heteroatoms. The quantitative estimate of drug-likeness (QED) is 0.296. The van der Waals surface area contributed by atoms with Gasteiger partial charge in [0.1, 0.15) is 10.9 Å². The van der Waals surface area contributed by atoms with Crippen LogP contribution in [0.1, 0.15) is 17.7 Å². The fourth-order valence-electron chi connectivity index (χ4n) is 1.35. The molecule has 0 radical (unpaired) electrons. The number of amidine groups is 1. The van der Waals surface area contributed by atoms with E-state index in [9.17, 15) is 0 Å². The molecule has 5 nitrogen and oxygen atoms in total. The first-order valence-electron chi connectivity index (χ1n) is 4.69. The second-order valence-electron chi connectivity index (χ2n) is 3.23. The highest BCUT2D eigenvalue weighted by atomic mass is 32.2. The van der Waals surface area contributed by atoms with Gasteiger partial charge >= 0.3 is 0 Å². The van der Waals surface area contributed by atoms with E-state index in [-0.39, 0.29) is 12.4 Å². The van der Waals surface area contributed by atoms with Crippen molar-refractivity contribution < 1.29 is 5.11 Å². The van der Waals surface area contributed by atoms with Crippen LogP contribution in [0.4, 0.5) is 0 Å². The number of rotatable bonds is 5. The first-order chi connectivity index (χ1) is 7.07. The SMILES string of the molecule is Cc1nn(C)c(SCCCO)c1C(=N)N. The van der Waals surface area contributed by atoms with Gasteiger partial charge in [-0.1, -0.05) is 0 Å². The van der Waals surface area contributed by atoms with Gasteiger partial charge in [-0.25, -0.2) is 0 Å². The number of nitrogens with two attached hydrogens (primary N) is 1. The number of hydrogen-bond acceptors (Lipinski definition) is 4. The van der Waals surface area contributed by atoms with Crippen LogP contribution in [0.5, 0.6) is 0 Å². The molecule has 0 spiro atoms. The Balaban J connectivity index is 2.89. The van der Waals surface area contributed by atoms with Crippen LogP contribution in [-0.4, -0.2) is 33.1 Å². The van der Waals surface area contributed by atoms with E-state index < -0.39 is 0 Å². The molecule has 0 saturated heterocycles. The van der Waals surface area contributed by atoms with Crippen molar-refractivity contribution in [2.75, 3.05) is 12.4 Å². The summed E-state index contributed by atoms with van der Waals surface area (Å²) in [6, 6.07) is 0. The van der Waals surface area contributed by atoms with Gasteiger partial charge in [0.2, 0.25) is 0 Å². The lowest BCUT2D eigenvalue weighted by atomic mass is 10.2. The number of nitrogens with zero attached hydrogens (tertiary/aromatic N) is 2. The Labute approximate surface area is 93.2 Å². The lowest BCUT2D eigenvalue weighted by molar-refractivity contribution is 0.296. The third kappa shape index (κ3) is 2.73. The van der Waals surface area contributed by atoms with Gasteiger partial charge < -0.3 is 10.8 Å². The summed E-state index contributed by atoms with van der Waals surface area (Å²) in [7, 11) is 1.83. The maximum atomic E-state index is 8.69. The monoisotopic (exact) mass is 228 g/mol. The van der Waals surface area contributed by atoms with Crippen molar-refractivity contribution in [3.05, 3.63) is 11.3 Å². The highest BCUT2D eigenvalue weighted by Gasteiger charge is 2.15. The normalized spacial score (nSPS) is 10.6. The van der Waals surface area contributed by atoms with E-state index in [1.165, 1.54) is 0 Å². The summed E-state index contributed by atoms with van der Waals surface area (Å²) in [5.74, 6) is 0.850. The van der Waals surface area contributed by atoms with E-state index in [1.807, 2.05) is 14.0 Å². The van der Waals surface area contributed by atoms with Gasteiger partial charge in [0, 0.05) is 19.4 Å². The van der Waals surface area contributed by atoms with E-state index in [0.717, 1.165) is 22.9 Å². The van der Waals surface area contributed by atoms with E-state index in [2.05, 4.69) is 5.10 Å². The van der Waals surface area contributed by atoms with Crippen molar-refractivity contribution in [3.8, 4) is 0 Å². The van der Waals surface area contributed by atoms with Crippen molar-refractivity contribution in [1.29, 1.82) is 5.41 Å². The zero-order valence-corrected chi connectivity index (χ0v) is 9.77. The molecule has 0 aromatic carbocycles. The average molecular weight is 228 g/mol. The van der Waals surface area contributed by atoms with Gasteiger partial charge in [-0.2, -0.15) is 5.10 Å². The minimum absolute atomic E-state index is 0.0482. The molecule has 0 fully saturated rings. The summed E-state index contributed by atoms with van der Waals surface area (Å²) in [5.41, 5.74) is 6.98. The van der Waals surface area contributed by atoms with Gasteiger partial charge in [0.05, 0.1) is 11.3 Å². The summed E-state index contributed by atoms with van der Waals surface area (Å²) >= 11 is 1.57. The molecule has 0 saturated carbocycles. The third-order valence-electron chi connectivity index (χ3n) is 1.98. The lowest BCUT2D eigenvalue weighted by Gasteiger charge is -2.04. The molecule has 0 unspecified atom stereocenters. The van der Waals surface area contributed by atoms with Crippen LogP contribution in [0.2, 0.25) is 0 Å². The van der Waals surface area contributed by atoms with Crippen molar-refractivity contribution in [2.24, 2.45) is 12.8 Å². The Morgan fingerprint density at radius 1 is 1.67 bits per heavy atom. The summed E-state index contributed by atoms with van der Waals surface area (Å²) in [6.45, 7) is 2.02. The van der Waals surface area contributed by atoms with Crippen LogP contribution < -0.4 is 5.73 Å². The largest absolute Gasteiger partial charge is 0.396 e. The molecule has 1 heterocycles. The molecule has 1 aromatic heterocycles. The molecule has 0 amide bonds. The van der Waals surface area contributed by atoms with Crippen LogP contribution in [0.25, 0.3) is 0 Å². The number of aromatic nitrogens is 2. The van der Waals surface area contributed by atoms with Gasteiger partial charge in [-0.05, 0) is 13.3 Å². The molecule has 4 N–H and O–H groups in total. The first-order valence-corrected chi connectivity index (χ1v) is 5.68. The fourth-order valence-corrected chi connectivity index (χ4v) is 2.44. The van der Waals surface area contributed by atoms with Gasteiger partial charge in [0.25, 0.3) is 0 Å². The highest BCUT2D eigenvalue weighted by molar-refractivity contribution is 7.99. The van der Waals surface area contributed by atoms with E-state index >= 15 is 0 Å². The number of aliphatic hydroxyl groups is 1. The van der Waals surface area contributed by atoms with Crippen LogP contribution in [-0.2, 0) is 7.05 Å². The fraction of sp³-hybridized carbons (Fsp3) is 0.556. The molecule has 84 valence electrons. The van der Waals surface area contributed by atoms with E-state index in [0.29, 0.717) is 5.56 Å². The number of aliphatic hydroxyl groups excluding tert-OH is 1. The van der Waals surface area contributed by atoms with Crippen molar-refractivity contribution in [1.82, 2.24) is 9.78 Å². The Hall–Kier alpha value is -1.01. The molecule has 1 rings (SSSR count). The van der Waals surface area contributed by atoms with Crippen LogP contribution in [0, 0.1) is 12.3 Å². The second kappa shape index (κ2) is 5.18. The highest BCUT2D eigenvalue weighted by Crippen LogP contribution is 2.24. The predicted octanol–water partition coefficient (Wildman–Crippen LogP) is 0.487. The Morgan fingerprint density at radius 2 is 2.33 bits per heavy atom. The number of nitrogens with one attached hydrogen (secondary N) is 1. The zero-order valence-electron chi connectivity index (χ0n) is 8.95.